The molecule has 3 aliphatic rings. The lowest BCUT2D eigenvalue weighted by Crippen LogP contribution is -2.54. The second kappa shape index (κ2) is 9.04. The number of nitrogens with zero attached hydrogens (tertiary/aromatic N) is 4. The van der Waals surface area contributed by atoms with Crippen LogP contribution in [0.4, 0.5) is 0 Å². The van der Waals surface area contributed by atoms with Crippen LogP contribution in [0.5, 0.6) is 0 Å². The largest absolute Gasteiger partial charge is 0.364 e. The monoisotopic (exact) mass is 423 g/mol. The maximum Gasteiger partial charge on any atom is 0.220 e. The van der Waals surface area contributed by atoms with E-state index in [0.717, 1.165) is 36.8 Å². The van der Waals surface area contributed by atoms with E-state index in [-0.39, 0.29) is 5.75 Å². The average molecular weight is 424 g/mol. The quantitative estimate of drug-likeness (QED) is 0.532. The third kappa shape index (κ3) is 4.94. The number of rotatable bonds is 7. The number of sulfonamides is 1. The van der Waals surface area contributed by atoms with Crippen LogP contribution in [0.1, 0.15) is 44.7 Å². The van der Waals surface area contributed by atoms with Gasteiger partial charge in [-0.05, 0) is 50.4 Å². The molecule has 1 aromatic rings. The van der Waals surface area contributed by atoms with Gasteiger partial charge in [-0.2, -0.15) is 4.31 Å². The van der Waals surface area contributed by atoms with Gasteiger partial charge >= 0.3 is 0 Å². The van der Waals surface area contributed by atoms with Crippen molar-refractivity contribution in [3.8, 4) is 0 Å². The third-order valence-corrected chi connectivity index (χ3v) is 8.55. The molecule has 2 heterocycles. The highest BCUT2D eigenvalue weighted by Crippen LogP contribution is 2.49. The lowest BCUT2D eigenvalue weighted by molar-refractivity contribution is 0.259. The van der Waals surface area contributed by atoms with Gasteiger partial charge in [-0.3, -0.25) is 4.99 Å². The van der Waals surface area contributed by atoms with Crippen LogP contribution >= 0.6 is 0 Å². The van der Waals surface area contributed by atoms with Crippen LogP contribution in [0.15, 0.2) is 21.8 Å². The summed E-state index contributed by atoms with van der Waals surface area (Å²) in [6.45, 7) is 5.99. The summed E-state index contributed by atoms with van der Waals surface area (Å²) in [5, 5.41) is 7.11. The minimum Gasteiger partial charge on any atom is -0.364 e. The molecule has 3 fully saturated rings. The molecule has 9 heteroatoms. The molecule has 0 spiro atoms. The Bertz CT molecular complexity index is 787. The van der Waals surface area contributed by atoms with Gasteiger partial charge in [0.25, 0.3) is 0 Å². The summed E-state index contributed by atoms with van der Waals surface area (Å²) in [4.78, 5) is 7.06. The Hall–Kier alpha value is -1.61. The first kappa shape index (κ1) is 20.7. The van der Waals surface area contributed by atoms with E-state index in [1.807, 2.05) is 0 Å². The van der Waals surface area contributed by atoms with Crippen LogP contribution in [0, 0.1) is 17.8 Å². The number of hydrogen-bond donors (Lipinski definition) is 1. The van der Waals surface area contributed by atoms with Crippen LogP contribution in [0.2, 0.25) is 0 Å². The Morgan fingerprint density at radius 2 is 2.10 bits per heavy atom. The molecule has 1 aromatic heterocycles. The molecule has 162 valence electrons. The van der Waals surface area contributed by atoms with Crippen molar-refractivity contribution in [2.24, 2.45) is 22.7 Å². The third-order valence-electron chi connectivity index (χ3n) is 6.73. The molecule has 4 rings (SSSR count). The first-order valence-electron chi connectivity index (χ1n) is 11.0. The van der Waals surface area contributed by atoms with E-state index in [2.05, 4.69) is 22.3 Å². The van der Waals surface area contributed by atoms with E-state index >= 15 is 0 Å². The van der Waals surface area contributed by atoms with E-state index < -0.39 is 10.0 Å². The zero-order chi connectivity index (χ0) is 20.3. The number of piperazine rings is 1. The van der Waals surface area contributed by atoms with Gasteiger partial charge in [0, 0.05) is 45.3 Å². The van der Waals surface area contributed by atoms with E-state index in [4.69, 9.17) is 9.52 Å². The van der Waals surface area contributed by atoms with Crippen molar-refractivity contribution < 1.29 is 12.9 Å². The van der Waals surface area contributed by atoms with Gasteiger partial charge in [-0.15, -0.1) is 0 Å². The molecule has 0 radical (unpaired) electrons. The highest BCUT2D eigenvalue weighted by molar-refractivity contribution is 7.88. The van der Waals surface area contributed by atoms with Crippen LogP contribution < -0.4 is 5.32 Å². The minimum absolute atomic E-state index is 0.110. The number of aromatic nitrogens is 1. The molecule has 3 unspecified atom stereocenters. The van der Waals surface area contributed by atoms with Crippen molar-refractivity contribution in [1.82, 2.24) is 19.7 Å². The zero-order valence-corrected chi connectivity index (χ0v) is 18.1. The van der Waals surface area contributed by atoms with Crippen LogP contribution in [0.3, 0.4) is 0 Å². The van der Waals surface area contributed by atoms with Crippen molar-refractivity contribution in [3.05, 3.63) is 18.0 Å². The molecule has 0 aromatic carbocycles. The Balaban J connectivity index is 1.29. The first-order valence-corrected chi connectivity index (χ1v) is 12.6. The standard InChI is InChI=1S/C20H33N5O3S/c1-2-21-20(22-7-5-18-14-16-3-4-17(18)13-16)24-8-10-25(11-9-24)29(26,27)15-19-6-12-28-23-19/h6,12,16-18H,2-5,7-11,13-15H2,1H3,(H,21,22). The van der Waals surface area contributed by atoms with Crippen molar-refractivity contribution in [2.75, 3.05) is 39.3 Å². The molecular formula is C20H33N5O3S. The summed E-state index contributed by atoms with van der Waals surface area (Å²) < 4.78 is 31.5. The highest BCUT2D eigenvalue weighted by atomic mass is 32.2. The average Bonchev–Trinajstić information content (AvgIpc) is 3.46. The molecule has 1 aliphatic heterocycles. The normalized spacial score (nSPS) is 28.2. The summed E-state index contributed by atoms with van der Waals surface area (Å²) in [6.07, 6.45) is 8.29. The SMILES string of the molecule is CCNC(=NCCC1CC2CCC1C2)N1CCN(S(=O)(=O)Cc2ccon2)CC1. The topological polar surface area (TPSA) is 91.0 Å². The fraction of sp³-hybridized carbons (Fsp3) is 0.800. The molecular weight excluding hydrogens is 390 g/mol. The Morgan fingerprint density at radius 3 is 2.72 bits per heavy atom. The number of aliphatic imine (C=N–C) groups is 1. The summed E-state index contributed by atoms with van der Waals surface area (Å²) in [5.74, 6) is 3.59. The summed E-state index contributed by atoms with van der Waals surface area (Å²) in [5.41, 5.74) is 0.447. The Labute approximate surface area is 173 Å². The van der Waals surface area contributed by atoms with E-state index in [0.29, 0.717) is 31.9 Å². The predicted octanol–water partition coefficient (Wildman–Crippen LogP) is 1.91. The highest BCUT2D eigenvalue weighted by Gasteiger charge is 2.38. The minimum atomic E-state index is -3.38. The molecule has 2 saturated carbocycles. The van der Waals surface area contributed by atoms with Crippen molar-refractivity contribution in [2.45, 2.75) is 44.8 Å². The summed E-state index contributed by atoms with van der Waals surface area (Å²) in [7, 11) is -3.38. The number of hydrogen-bond acceptors (Lipinski definition) is 5. The predicted molar refractivity (Wildman–Crippen MR) is 112 cm³/mol. The van der Waals surface area contributed by atoms with Gasteiger partial charge in [0.15, 0.2) is 5.96 Å². The van der Waals surface area contributed by atoms with Gasteiger partial charge in [-0.25, -0.2) is 8.42 Å². The number of nitrogens with one attached hydrogen (secondary N) is 1. The van der Waals surface area contributed by atoms with Crippen molar-refractivity contribution in [1.29, 1.82) is 0 Å². The Kier molecular flexibility index (Phi) is 6.44. The summed E-state index contributed by atoms with van der Waals surface area (Å²) in [6, 6.07) is 1.60. The first-order chi connectivity index (χ1) is 14.0. The lowest BCUT2D eigenvalue weighted by Gasteiger charge is -2.35. The molecule has 1 saturated heterocycles. The van der Waals surface area contributed by atoms with Gasteiger partial charge in [-0.1, -0.05) is 11.6 Å². The van der Waals surface area contributed by atoms with Gasteiger partial charge in [0.1, 0.15) is 12.0 Å². The fourth-order valence-corrected chi connectivity index (χ4v) is 6.69. The second-order valence-corrected chi connectivity index (χ2v) is 10.6. The van der Waals surface area contributed by atoms with Gasteiger partial charge < -0.3 is 14.7 Å². The molecule has 1 N–H and O–H groups in total. The maximum absolute atomic E-state index is 12.6. The van der Waals surface area contributed by atoms with Crippen LogP contribution in [-0.4, -0.2) is 68.0 Å². The van der Waals surface area contributed by atoms with Crippen LogP contribution in [-0.2, 0) is 15.8 Å². The van der Waals surface area contributed by atoms with E-state index in [1.54, 1.807) is 10.4 Å². The number of guanidine groups is 1. The molecule has 2 bridgehead atoms. The zero-order valence-electron chi connectivity index (χ0n) is 17.3. The van der Waals surface area contributed by atoms with E-state index in [9.17, 15) is 8.42 Å². The number of fused-ring (bicyclic) bond motifs is 2. The fourth-order valence-electron chi connectivity index (χ4n) is 5.26. The Morgan fingerprint density at radius 1 is 1.28 bits per heavy atom. The van der Waals surface area contributed by atoms with Gasteiger partial charge in [0.2, 0.25) is 10.0 Å². The van der Waals surface area contributed by atoms with Crippen molar-refractivity contribution >= 4 is 16.0 Å². The summed E-state index contributed by atoms with van der Waals surface area (Å²) >= 11 is 0. The van der Waals surface area contributed by atoms with Crippen LogP contribution in [0.25, 0.3) is 0 Å². The molecule has 3 atom stereocenters. The van der Waals surface area contributed by atoms with Gasteiger partial charge in [0.05, 0.1) is 5.69 Å². The van der Waals surface area contributed by atoms with Crippen molar-refractivity contribution in [3.63, 3.8) is 0 Å². The maximum atomic E-state index is 12.6. The molecule has 2 aliphatic carbocycles. The molecule has 0 amide bonds. The molecule has 29 heavy (non-hydrogen) atoms. The lowest BCUT2D eigenvalue weighted by atomic mass is 9.86. The molecule has 8 nitrogen and oxygen atoms in total. The second-order valence-electron chi connectivity index (χ2n) is 8.59. The van der Waals surface area contributed by atoms with E-state index in [1.165, 1.54) is 38.4 Å². The smallest absolute Gasteiger partial charge is 0.220 e.